The Balaban J connectivity index is 1.21. The van der Waals surface area contributed by atoms with Gasteiger partial charge in [0.25, 0.3) is 6.71 Å². The first kappa shape index (κ1) is 46.4. The van der Waals surface area contributed by atoms with Gasteiger partial charge in [0.1, 0.15) is 0 Å². The van der Waals surface area contributed by atoms with E-state index in [0.29, 0.717) is 0 Å². The number of para-hydroxylation sites is 1. The van der Waals surface area contributed by atoms with Crippen LogP contribution in [0.3, 0.4) is 0 Å². The van der Waals surface area contributed by atoms with E-state index in [1.54, 1.807) is 0 Å². The molecule has 0 N–H and O–H groups in total. The van der Waals surface area contributed by atoms with E-state index in [4.69, 9.17) is 9.47 Å². The van der Waals surface area contributed by atoms with E-state index >= 15 is 0 Å². The summed E-state index contributed by atoms with van der Waals surface area (Å²) >= 11 is 0. The van der Waals surface area contributed by atoms with Gasteiger partial charge in [-0.3, -0.25) is 0 Å². The Morgan fingerprint density at radius 3 is 1.41 bits per heavy atom. The van der Waals surface area contributed by atoms with Crippen LogP contribution in [0.15, 0.2) is 158 Å². The molecular weight excluding hydrogens is 864 g/mol. The first-order chi connectivity index (χ1) is 33.6. The average Bonchev–Trinajstić information content (AvgIpc) is 3.82. The Bertz CT molecular complexity index is 3300. The fraction of sp³-hybridized carbons (Fsp3) is 0.273. The zero-order valence-corrected chi connectivity index (χ0v) is 44.0. The van der Waals surface area contributed by atoms with E-state index in [-0.39, 0.29) is 35.2 Å². The summed E-state index contributed by atoms with van der Waals surface area (Å²) in [5.74, 6) is 1.54. The van der Waals surface area contributed by atoms with E-state index in [9.17, 15) is 0 Å². The van der Waals surface area contributed by atoms with Crippen LogP contribution in [0.2, 0.25) is 0 Å². The van der Waals surface area contributed by atoms with Gasteiger partial charge in [0.15, 0.2) is 11.5 Å². The molecule has 3 aliphatic heterocycles. The summed E-state index contributed by atoms with van der Waals surface area (Å²) in [7, 11) is 0. The number of rotatable bonds is 5. The molecule has 11 rings (SSSR count). The van der Waals surface area contributed by atoms with Crippen molar-refractivity contribution in [3.05, 3.63) is 186 Å². The molecular formula is C66H67BN2O2. The topological polar surface area (TPSA) is 24.9 Å². The highest BCUT2D eigenvalue weighted by Gasteiger charge is 2.45. The molecule has 8 aromatic rings. The molecule has 0 radical (unpaired) electrons. The zero-order chi connectivity index (χ0) is 49.9. The van der Waals surface area contributed by atoms with Crippen LogP contribution in [0.25, 0.3) is 33.4 Å². The Morgan fingerprint density at radius 2 is 0.873 bits per heavy atom. The van der Waals surface area contributed by atoms with Gasteiger partial charge >= 0.3 is 0 Å². The maximum atomic E-state index is 6.33. The fourth-order valence-corrected chi connectivity index (χ4v) is 11.0. The average molecular weight is 931 g/mol. The van der Waals surface area contributed by atoms with E-state index in [1.165, 1.54) is 89.0 Å². The summed E-state index contributed by atoms with van der Waals surface area (Å²) in [6, 6.07) is 60.4. The Labute approximate surface area is 423 Å². The molecule has 5 heteroatoms. The molecule has 0 aliphatic carbocycles. The van der Waals surface area contributed by atoms with Crippen LogP contribution in [0.4, 0.5) is 34.1 Å². The Hall–Kier alpha value is -6.98. The molecule has 4 nitrogen and oxygen atoms in total. The lowest BCUT2D eigenvalue weighted by molar-refractivity contribution is 0.174. The number of hydrogen-bond acceptors (Lipinski definition) is 4. The van der Waals surface area contributed by atoms with Crippen LogP contribution in [-0.2, 0) is 21.7 Å². The molecule has 0 atom stereocenters. The summed E-state index contributed by atoms with van der Waals surface area (Å²) < 4.78 is 12.4. The van der Waals surface area contributed by atoms with Crippen LogP contribution in [0, 0.1) is 6.92 Å². The highest BCUT2D eigenvalue weighted by atomic mass is 16.7. The minimum absolute atomic E-state index is 0.0442. The lowest BCUT2D eigenvalue weighted by atomic mass is 9.33. The van der Waals surface area contributed by atoms with Gasteiger partial charge in [0, 0.05) is 28.4 Å². The van der Waals surface area contributed by atoms with Crippen molar-refractivity contribution in [2.24, 2.45) is 0 Å². The molecule has 0 amide bonds. The maximum absolute atomic E-state index is 6.33. The molecule has 0 bridgehead atoms. The first-order valence-corrected chi connectivity index (χ1v) is 25.5. The smallest absolute Gasteiger partial charge is 0.252 e. The SMILES string of the molecule is Cc1cc2c3c(c1)N(c1cccc4c1OCO4)c1ccc(C(C)(C)C)cc1B3c1ccc(-c3ccc(C(C)(C)C)cc3)cc1N2c1cc(-c2ccc(C(C)(C)C)cc2)cc(-c2ccc(C(C)(C)C)cc2)c1. The van der Waals surface area contributed by atoms with Crippen molar-refractivity contribution >= 4 is 57.2 Å². The number of aryl methyl sites for hydroxylation is 1. The molecule has 0 unspecified atom stereocenters. The van der Waals surface area contributed by atoms with Gasteiger partial charge < -0.3 is 19.3 Å². The second-order valence-electron chi connectivity index (χ2n) is 24.4. The summed E-state index contributed by atoms with van der Waals surface area (Å²) in [6.45, 7) is 29.9. The standard InChI is InChI=1S/C66H67BN2O2/c1-41-33-58-61-59(34-41)69(56-15-14-16-60-62(56)71-40-70-60)55-32-30-51(66(11,12)13)39-54(55)67(61)53-31-23-45(42-17-24-48(25-18-42)63(2,3)4)38-57(53)68(58)52-36-46(43-19-26-49(27-20-43)64(5,6)7)35-47(37-52)44-21-28-50(29-22-44)65(8,9)10/h14-39H,40H2,1-13H3. The van der Waals surface area contributed by atoms with Crippen molar-refractivity contribution in [1.82, 2.24) is 0 Å². The van der Waals surface area contributed by atoms with Gasteiger partial charge in [0.2, 0.25) is 6.79 Å². The largest absolute Gasteiger partial charge is 0.454 e. The predicted molar refractivity (Wildman–Crippen MR) is 302 cm³/mol. The van der Waals surface area contributed by atoms with Crippen molar-refractivity contribution in [3.63, 3.8) is 0 Å². The van der Waals surface area contributed by atoms with Crippen molar-refractivity contribution in [2.75, 3.05) is 16.6 Å². The minimum Gasteiger partial charge on any atom is -0.454 e. The van der Waals surface area contributed by atoms with Crippen molar-refractivity contribution in [1.29, 1.82) is 0 Å². The van der Waals surface area contributed by atoms with E-state index in [0.717, 1.165) is 34.2 Å². The monoisotopic (exact) mass is 931 g/mol. The van der Waals surface area contributed by atoms with Gasteiger partial charge in [-0.2, -0.15) is 0 Å². The normalized spacial score (nSPS) is 14.1. The van der Waals surface area contributed by atoms with Crippen LogP contribution in [-0.4, -0.2) is 13.5 Å². The molecule has 356 valence electrons. The molecule has 71 heavy (non-hydrogen) atoms. The van der Waals surface area contributed by atoms with Gasteiger partial charge in [0.05, 0.1) is 5.69 Å². The van der Waals surface area contributed by atoms with Gasteiger partial charge in [-0.25, -0.2) is 0 Å². The number of hydrogen-bond donors (Lipinski definition) is 0. The van der Waals surface area contributed by atoms with E-state index < -0.39 is 0 Å². The summed E-state index contributed by atoms with van der Waals surface area (Å²) in [5, 5.41) is 0. The van der Waals surface area contributed by atoms with Gasteiger partial charge in [-0.1, -0.05) is 186 Å². The van der Waals surface area contributed by atoms with Crippen LogP contribution < -0.4 is 35.7 Å². The molecule has 0 aromatic heterocycles. The zero-order valence-electron chi connectivity index (χ0n) is 44.0. The van der Waals surface area contributed by atoms with Crippen LogP contribution in [0.1, 0.15) is 111 Å². The van der Waals surface area contributed by atoms with E-state index in [1.807, 2.05) is 6.07 Å². The summed E-state index contributed by atoms with van der Waals surface area (Å²) in [6.07, 6.45) is 0. The quantitative estimate of drug-likeness (QED) is 0.161. The molecule has 8 aromatic carbocycles. The number of fused-ring (bicyclic) bond motifs is 5. The van der Waals surface area contributed by atoms with E-state index in [2.05, 4.69) is 251 Å². The van der Waals surface area contributed by atoms with Gasteiger partial charge in [-0.15, -0.1) is 0 Å². The molecule has 0 saturated carbocycles. The Morgan fingerprint density at radius 1 is 0.380 bits per heavy atom. The number of anilines is 6. The third kappa shape index (κ3) is 8.22. The van der Waals surface area contributed by atoms with Crippen molar-refractivity contribution in [2.45, 2.75) is 112 Å². The highest BCUT2D eigenvalue weighted by Crippen LogP contribution is 2.51. The van der Waals surface area contributed by atoms with Gasteiger partial charge in [-0.05, 0) is 161 Å². The number of ether oxygens (including phenoxy) is 2. The second kappa shape index (κ2) is 16.6. The summed E-state index contributed by atoms with van der Waals surface area (Å²) in [5.41, 5.74) is 24.2. The lowest BCUT2D eigenvalue weighted by Gasteiger charge is -2.45. The molecule has 0 fully saturated rings. The Kier molecular flexibility index (Phi) is 10.8. The molecule has 3 heterocycles. The third-order valence-corrected chi connectivity index (χ3v) is 15.1. The van der Waals surface area contributed by atoms with Crippen molar-refractivity contribution in [3.8, 4) is 44.9 Å². The lowest BCUT2D eigenvalue weighted by Crippen LogP contribution is -2.61. The predicted octanol–water partition coefficient (Wildman–Crippen LogP) is 16.0. The fourth-order valence-electron chi connectivity index (χ4n) is 11.0. The maximum Gasteiger partial charge on any atom is 0.252 e. The van der Waals surface area contributed by atoms with Crippen LogP contribution in [0.5, 0.6) is 11.5 Å². The highest BCUT2D eigenvalue weighted by molar-refractivity contribution is 7.00. The van der Waals surface area contributed by atoms with Crippen molar-refractivity contribution < 1.29 is 9.47 Å². The minimum atomic E-state index is -0.0686. The van der Waals surface area contributed by atoms with Crippen LogP contribution >= 0.6 is 0 Å². The second-order valence-corrected chi connectivity index (χ2v) is 24.4. The molecule has 0 spiro atoms. The molecule has 0 saturated heterocycles. The summed E-state index contributed by atoms with van der Waals surface area (Å²) in [4.78, 5) is 5.03. The number of benzene rings is 8. The number of nitrogens with zero attached hydrogens (tertiary/aromatic N) is 2. The first-order valence-electron chi connectivity index (χ1n) is 25.5. The molecule has 3 aliphatic rings. The third-order valence-electron chi connectivity index (χ3n) is 15.1.